The molecule has 104 valence electrons. The molecule has 0 heterocycles. The van der Waals surface area contributed by atoms with Crippen molar-refractivity contribution < 1.29 is 4.79 Å². The van der Waals surface area contributed by atoms with E-state index in [4.69, 9.17) is 0 Å². The largest absolute Gasteiger partial charge is 0.309 e. The molecule has 1 aliphatic rings. The first-order valence-electron chi connectivity index (χ1n) is 7.70. The van der Waals surface area contributed by atoms with Gasteiger partial charge in [-0.1, -0.05) is 50.8 Å². The minimum Gasteiger partial charge on any atom is -0.309 e. The van der Waals surface area contributed by atoms with Gasteiger partial charge in [-0.3, -0.25) is 4.79 Å². The third-order valence-corrected chi connectivity index (χ3v) is 3.99. The van der Waals surface area contributed by atoms with Crippen molar-refractivity contribution in [2.24, 2.45) is 0 Å². The lowest BCUT2D eigenvalue weighted by Gasteiger charge is -2.34. The van der Waals surface area contributed by atoms with Crippen LogP contribution in [0.3, 0.4) is 0 Å². The van der Waals surface area contributed by atoms with Crippen molar-refractivity contribution in [3.8, 4) is 0 Å². The second kappa shape index (κ2) is 7.32. The van der Waals surface area contributed by atoms with Crippen LogP contribution in [0.15, 0.2) is 30.3 Å². The first-order chi connectivity index (χ1) is 9.33. The Morgan fingerprint density at radius 3 is 2.47 bits per heavy atom. The van der Waals surface area contributed by atoms with Gasteiger partial charge in [-0.05, 0) is 31.4 Å². The average Bonchev–Trinajstić information content (AvgIpc) is 2.47. The van der Waals surface area contributed by atoms with Crippen molar-refractivity contribution in [1.82, 2.24) is 0 Å². The fourth-order valence-electron chi connectivity index (χ4n) is 2.93. The van der Waals surface area contributed by atoms with E-state index in [0.717, 1.165) is 31.4 Å². The summed E-state index contributed by atoms with van der Waals surface area (Å²) >= 11 is 0. The van der Waals surface area contributed by atoms with Crippen LogP contribution in [0.1, 0.15) is 58.3 Å². The third kappa shape index (κ3) is 3.82. The zero-order valence-electron chi connectivity index (χ0n) is 12.0. The van der Waals surface area contributed by atoms with Crippen molar-refractivity contribution in [1.29, 1.82) is 0 Å². The molecule has 1 amide bonds. The van der Waals surface area contributed by atoms with E-state index in [9.17, 15) is 4.79 Å². The minimum atomic E-state index is 0.306. The number of carbonyl (C=O) groups excluding carboxylic acids is 1. The normalized spacial score (nSPS) is 16.3. The van der Waals surface area contributed by atoms with E-state index in [0.29, 0.717) is 18.4 Å². The highest BCUT2D eigenvalue weighted by Gasteiger charge is 2.26. The third-order valence-electron chi connectivity index (χ3n) is 3.99. The molecule has 0 N–H and O–H groups in total. The SMILES string of the molecule is CCCCC(=O)N(c1ccccc1)C1CCCCC1. The molecule has 0 aromatic heterocycles. The van der Waals surface area contributed by atoms with Crippen LogP contribution in [0, 0.1) is 0 Å². The smallest absolute Gasteiger partial charge is 0.227 e. The van der Waals surface area contributed by atoms with Gasteiger partial charge in [0.1, 0.15) is 0 Å². The van der Waals surface area contributed by atoms with E-state index < -0.39 is 0 Å². The molecule has 19 heavy (non-hydrogen) atoms. The van der Waals surface area contributed by atoms with Crippen LogP contribution < -0.4 is 4.90 Å². The average molecular weight is 259 g/mol. The monoisotopic (exact) mass is 259 g/mol. The molecule has 2 nitrogen and oxygen atoms in total. The number of carbonyl (C=O) groups is 1. The zero-order chi connectivity index (χ0) is 13.5. The number of nitrogens with zero attached hydrogens (tertiary/aromatic N) is 1. The van der Waals surface area contributed by atoms with Crippen LogP contribution in [0.2, 0.25) is 0 Å². The highest BCUT2D eigenvalue weighted by molar-refractivity contribution is 5.93. The number of amides is 1. The first-order valence-corrected chi connectivity index (χ1v) is 7.70. The summed E-state index contributed by atoms with van der Waals surface area (Å²) in [5, 5.41) is 0. The van der Waals surface area contributed by atoms with Crippen LogP contribution >= 0.6 is 0 Å². The predicted molar refractivity (Wildman–Crippen MR) is 80.3 cm³/mol. The summed E-state index contributed by atoms with van der Waals surface area (Å²) in [5.41, 5.74) is 1.08. The van der Waals surface area contributed by atoms with Gasteiger partial charge in [0, 0.05) is 18.2 Å². The molecule has 2 rings (SSSR count). The van der Waals surface area contributed by atoms with Crippen molar-refractivity contribution in [2.75, 3.05) is 4.90 Å². The number of unbranched alkanes of at least 4 members (excludes halogenated alkanes) is 1. The fraction of sp³-hybridized carbons (Fsp3) is 0.588. The molecule has 1 aromatic rings. The lowest BCUT2D eigenvalue weighted by atomic mass is 9.93. The summed E-state index contributed by atoms with van der Waals surface area (Å²) in [7, 11) is 0. The Hall–Kier alpha value is -1.31. The van der Waals surface area contributed by atoms with E-state index in [1.54, 1.807) is 0 Å². The Morgan fingerprint density at radius 1 is 1.16 bits per heavy atom. The van der Waals surface area contributed by atoms with Gasteiger partial charge in [-0.2, -0.15) is 0 Å². The summed E-state index contributed by atoms with van der Waals surface area (Å²) in [5.74, 6) is 0.306. The van der Waals surface area contributed by atoms with Gasteiger partial charge in [-0.15, -0.1) is 0 Å². The van der Waals surface area contributed by atoms with Gasteiger partial charge >= 0.3 is 0 Å². The van der Waals surface area contributed by atoms with Gasteiger partial charge in [0.2, 0.25) is 5.91 Å². The first kappa shape index (κ1) is 14.1. The molecule has 0 radical (unpaired) electrons. The molecule has 0 unspecified atom stereocenters. The van der Waals surface area contributed by atoms with Crippen molar-refractivity contribution >= 4 is 11.6 Å². The predicted octanol–water partition coefficient (Wildman–Crippen LogP) is 4.54. The van der Waals surface area contributed by atoms with E-state index in [2.05, 4.69) is 24.0 Å². The van der Waals surface area contributed by atoms with Crippen molar-refractivity contribution in [3.63, 3.8) is 0 Å². The Morgan fingerprint density at radius 2 is 1.84 bits per heavy atom. The van der Waals surface area contributed by atoms with Gasteiger partial charge in [0.25, 0.3) is 0 Å². The number of para-hydroxylation sites is 1. The number of hydrogen-bond donors (Lipinski definition) is 0. The maximum absolute atomic E-state index is 12.5. The Balaban J connectivity index is 2.14. The molecule has 0 bridgehead atoms. The Kier molecular flexibility index (Phi) is 5.44. The quantitative estimate of drug-likeness (QED) is 0.760. The molecule has 0 saturated heterocycles. The second-order valence-corrected chi connectivity index (χ2v) is 5.49. The Labute approximate surface area is 116 Å². The van der Waals surface area contributed by atoms with Crippen LogP contribution in [0.25, 0.3) is 0 Å². The molecule has 2 heteroatoms. The number of hydrogen-bond acceptors (Lipinski definition) is 1. The number of benzene rings is 1. The lowest BCUT2D eigenvalue weighted by molar-refractivity contribution is -0.119. The molecular weight excluding hydrogens is 234 g/mol. The molecular formula is C17H25NO. The van der Waals surface area contributed by atoms with Crippen LogP contribution in [0.4, 0.5) is 5.69 Å². The second-order valence-electron chi connectivity index (χ2n) is 5.49. The minimum absolute atomic E-state index is 0.306. The summed E-state index contributed by atoms with van der Waals surface area (Å²) < 4.78 is 0. The maximum atomic E-state index is 12.5. The zero-order valence-corrected chi connectivity index (χ0v) is 12.0. The summed E-state index contributed by atoms with van der Waals surface area (Å²) in [6.45, 7) is 2.14. The topological polar surface area (TPSA) is 20.3 Å². The van der Waals surface area contributed by atoms with Crippen molar-refractivity contribution in [3.05, 3.63) is 30.3 Å². The van der Waals surface area contributed by atoms with Crippen LogP contribution in [0.5, 0.6) is 0 Å². The summed E-state index contributed by atoms with van der Waals surface area (Å²) in [4.78, 5) is 14.6. The highest BCUT2D eigenvalue weighted by Crippen LogP contribution is 2.28. The fourth-order valence-corrected chi connectivity index (χ4v) is 2.93. The van der Waals surface area contributed by atoms with Gasteiger partial charge in [0.15, 0.2) is 0 Å². The van der Waals surface area contributed by atoms with E-state index in [1.807, 2.05) is 18.2 Å². The van der Waals surface area contributed by atoms with E-state index >= 15 is 0 Å². The highest BCUT2D eigenvalue weighted by atomic mass is 16.2. The van der Waals surface area contributed by atoms with Crippen LogP contribution in [-0.4, -0.2) is 11.9 Å². The number of anilines is 1. The lowest BCUT2D eigenvalue weighted by Crippen LogP contribution is -2.41. The Bertz CT molecular complexity index is 382. The summed E-state index contributed by atoms with van der Waals surface area (Å²) in [6.07, 6.45) is 8.92. The van der Waals surface area contributed by atoms with Gasteiger partial charge < -0.3 is 4.90 Å². The van der Waals surface area contributed by atoms with Gasteiger partial charge in [-0.25, -0.2) is 0 Å². The molecule has 1 aromatic carbocycles. The standard InChI is InChI=1S/C17H25NO/c1-2-3-14-17(19)18(15-10-6-4-7-11-15)16-12-8-5-9-13-16/h4,6-7,10-11,16H,2-3,5,8-9,12-14H2,1H3. The molecule has 1 saturated carbocycles. The maximum Gasteiger partial charge on any atom is 0.227 e. The van der Waals surface area contributed by atoms with Gasteiger partial charge in [0.05, 0.1) is 0 Å². The molecule has 0 aliphatic heterocycles. The molecule has 0 atom stereocenters. The van der Waals surface area contributed by atoms with Crippen molar-refractivity contribution in [2.45, 2.75) is 64.3 Å². The van der Waals surface area contributed by atoms with E-state index in [-0.39, 0.29) is 0 Å². The van der Waals surface area contributed by atoms with E-state index in [1.165, 1.54) is 19.3 Å². The number of rotatable bonds is 5. The molecule has 0 spiro atoms. The molecule has 1 aliphatic carbocycles. The summed E-state index contributed by atoms with van der Waals surface area (Å²) in [6, 6.07) is 10.6. The van der Waals surface area contributed by atoms with Crippen LogP contribution in [-0.2, 0) is 4.79 Å². The molecule has 1 fully saturated rings.